The van der Waals surface area contributed by atoms with Gasteiger partial charge in [-0.15, -0.1) is 0 Å². The van der Waals surface area contributed by atoms with Crippen LogP contribution in [0.4, 0.5) is 0 Å². The maximum absolute atomic E-state index is 5.95. The van der Waals surface area contributed by atoms with E-state index in [-0.39, 0.29) is 0 Å². The van der Waals surface area contributed by atoms with Crippen molar-refractivity contribution in [3.8, 4) is 0 Å². The van der Waals surface area contributed by atoms with Crippen LogP contribution in [0.5, 0.6) is 0 Å². The zero-order chi connectivity index (χ0) is 12.4. The molecule has 1 aromatic carbocycles. The molecule has 0 nitrogen and oxygen atoms in total. The quantitative estimate of drug-likeness (QED) is 0.622. The molecule has 1 aliphatic carbocycles. The molecular weight excluding hydrogens is 260 g/mol. The summed E-state index contributed by atoms with van der Waals surface area (Å²) in [4.78, 5) is 2.82. The van der Waals surface area contributed by atoms with Gasteiger partial charge in [-0.3, -0.25) is 0 Å². The normalized spacial score (nSPS) is 19.3. The number of benzene rings is 1. The van der Waals surface area contributed by atoms with Gasteiger partial charge in [0.15, 0.2) is 0 Å². The van der Waals surface area contributed by atoms with Gasteiger partial charge in [0.2, 0.25) is 0 Å². The number of rotatable bonds is 1. The first kappa shape index (κ1) is 12.1. The van der Waals surface area contributed by atoms with E-state index in [0.29, 0.717) is 0 Å². The van der Waals surface area contributed by atoms with Crippen LogP contribution in [0.1, 0.15) is 31.2 Å². The molecule has 0 saturated carbocycles. The summed E-state index contributed by atoms with van der Waals surface area (Å²) in [6.45, 7) is 0. The molecule has 2 heteroatoms. The molecule has 0 fully saturated rings. The summed E-state index contributed by atoms with van der Waals surface area (Å²) in [5.41, 5.74) is 2.90. The van der Waals surface area contributed by atoms with Gasteiger partial charge >= 0.3 is 0 Å². The molecule has 2 aliphatic rings. The lowest BCUT2D eigenvalue weighted by atomic mass is 10.0. The molecule has 0 spiro atoms. The summed E-state index contributed by atoms with van der Waals surface area (Å²) in [5.74, 6) is 0. The van der Waals surface area contributed by atoms with Crippen molar-refractivity contribution in [2.45, 2.75) is 25.7 Å². The van der Waals surface area contributed by atoms with Gasteiger partial charge in [0.1, 0.15) is 0 Å². The fourth-order valence-corrected chi connectivity index (χ4v) is 3.70. The minimum absolute atomic E-state index is 0.801. The van der Waals surface area contributed by atoms with Gasteiger partial charge in [-0.05, 0) is 43.4 Å². The van der Waals surface area contributed by atoms with Crippen LogP contribution in [0.25, 0.3) is 4.91 Å². The van der Waals surface area contributed by atoms with Gasteiger partial charge < -0.3 is 0 Å². The lowest BCUT2D eigenvalue weighted by Gasteiger charge is -2.13. The van der Waals surface area contributed by atoms with Crippen LogP contribution < -0.4 is 0 Å². The monoisotopic (exact) mass is 274 g/mol. The topological polar surface area (TPSA) is 0 Å². The molecule has 0 aromatic heterocycles. The highest BCUT2D eigenvalue weighted by atomic mass is 35.5. The van der Waals surface area contributed by atoms with Crippen LogP contribution >= 0.6 is 23.4 Å². The van der Waals surface area contributed by atoms with E-state index in [2.05, 4.69) is 30.4 Å². The standard InChI is InChI=1S/C16H15ClS/c17-14-10-8-13(9-11-14)16-7-3-5-12-4-1-2-6-15(12)18-16/h2,6-11H,1,3-5H2. The first-order chi connectivity index (χ1) is 8.83. The van der Waals surface area contributed by atoms with Crippen LogP contribution in [0.2, 0.25) is 5.02 Å². The summed E-state index contributed by atoms with van der Waals surface area (Å²) in [7, 11) is 0. The molecule has 0 N–H and O–H groups in total. The van der Waals surface area contributed by atoms with Gasteiger partial charge in [0.05, 0.1) is 0 Å². The summed E-state index contributed by atoms with van der Waals surface area (Å²) >= 11 is 7.85. The Morgan fingerprint density at radius 3 is 2.61 bits per heavy atom. The third kappa shape index (κ3) is 2.57. The van der Waals surface area contributed by atoms with Crippen LogP contribution in [0.3, 0.4) is 0 Å². The SMILES string of the molecule is Clc1ccc(C2=CCCC3=C(C=CCC3)S2)cc1. The molecule has 18 heavy (non-hydrogen) atoms. The van der Waals surface area contributed by atoms with Gasteiger partial charge in [-0.25, -0.2) is 0 Å². The Morgan fingerprint density at radius 1 is 1.00 bits per heavy atom. The van der Waals surface area contributed by atoms with E-state index in [1.165, 1.54) is 34.6 Å². The van der Waals surface area contributed by atoms with E-state index in [4.69, 9.17) is 11.6 Å². The summed E-state index contributed by atoms with van der Waals surface area (Å²) < 4.78 is 0. The lowest BCUT2D eigenvalue weighted by Crippen LogP contribution is -1.90. The average molecular weight is 275 g/mol. The smallest absolute Gasteiger partial charge is 0.0406 e. The molecule has 1 aliphatic heterocycles. The van der Waals surface area contributed by atoms with Crippen LogP contribution in [0, 0.1) is 0 Å². The number of thioether (sulfide) groups is 1. The molecular formula is C16H15ClS. The Labute approximate surface area is 117 Å². The van der Waals surface area contributed by atoms with Gasteiger partial charge in [0.25, 0.3) is 0 Å². The zero-order valence-electron chi connectivity index (χ0n) is 10.2. The fourth-order valence-electron chi connectivity index (χ4n) is 2.37. The highest BCUT2D eigenvalue weighted by molar-refractivity contribution is 8.12. The third-order valence-electron chi connectivity index (χ3n) is 3.35. The molecule has 0 atom stereocenters. The Kier molecular flexibility index (Phi) is 3.62. The van der Waals surface area contributed by atoms with Crippen molar-refractivity contribution in [3.05, 3.63) is 63.6 Å². The molecule has 0 bridgehead atoms. The van der Waals surface area contributed by atoms with Gasteiger partial charge in [-0.1, -0.05) is 59.3 Å². The van der Waals surface area contributed by atoms with Crippen molar-refractivity contribution in [3.63, 3.8) is 0 Å². The van der Waals surface area contributed by atoms with Crippen LogP contribution in [-0.4, -0.2) is 0 Å². The first-order valence-corrected chi connectivity index (χ1v) is 7.55. The Morgan fingerprint density at radius 2 is 1.78 bits per heavy atom. The van der Waals surface area contributed by atoms with Crippen molar-refractivity contribution in [2.75, 3.05) is 0 Å². The van der Waals surface area contributed by atoms with Gasteiger partial charge in [-0.2, -0.15) is 0 Å². The maximum Gasteiger partial charge on any atom is 0.0406 e. The number of hydrogen-bond acceptors (Lipinski definition) is 1. The predicted octanol–water partition coefficient (Wildman–Crippen LogP) is 5.81. The Hall–Kier alpha value is -0.920. The molecule has 0 amide bonds. The second-order valence-electron chi connectivity index (χ2n) is 4.62. The molecule has 1 aromatic rings. The van der Waals surface area contributed by atoms with E-state index < -0.39 is 0 Å². The van der Waals surface area contributed by atoms with Crippen molar-refractivity contribution >= 4 is 28.3 Å². The van der Waals surface area contributed by atoms with E-state index in [1.807, 2.05) is 23.9 Å². The molecule has 92 valence electrons. The largest absolute Gasteiger partial charge is 0.0899 e. The minimum Gasteiger partial charge on any atom is -0.0899 e. The Balaban J connectivity index is 1.89. The van der Waals surface area contributed by atoms with E-state index in [9.17, 15) is 0 Å². The van der Waals surface area contributed by atoms with E-state index >= 15 is 0 Å². The van der Waals surface area contributed by atoms with Crippen molar-refractivity contribution in [1.29, 1.82) is 0 Å². The van der Waals surface area contributed by atoms with Crippen LogP contribution in [0.15, 0.2) is 53.0 Å². The molecule has 3 rings (SSSR count). The predicted molar refractivity (Wildman–Crippen MR) is 81.7 cm³/mol. The average Bonchev–Trinajstić information content (AvgIpc) is 2.61. The highest BCUT2D eigenvalue weighted by Crippen LogP contribution is 2.42. The van der Waals surface area contributed by atoms with E-state index in [0.717, 1.165) is 11.4 Å². The molecule has 0 radical (unpaired) electrons. The second kappa shape index (κ2) is 5.38. The third-order valence-corrected chi connectivity index (χ3v) is 4.87. The first-order valence-electron chi connectivity index (χ1n) is 6.35. The molecule has 1 heterocycles. The maximum atomic E-state index is 5.95. The summed E-state index contributed by atoms with van der Waals surface area (Å²) in [6, 6.07) is 8.16. The summed E-state index contributed by atoms with van der Waals surface area (Å²) in [5, 5.41) is 0.801. The number of allylic oxidation sites excluding steroid dienone is 4. The fraction of sp³-hybridized carbons (Fsp3) is 0.250. The Bertz CT molecular complexity index is 535. The summed E-state index contributed by atoms with van der Waals surface area (Å²) in [6.07, 6.45) is 11.7. The van der Waals surface area contributed by atoms with Crippen molar-refractivity contribution < 1.29 is 0 Å². The van der Waals surface area contributed by atoms with E-state index in [1.54, 1.807) is 5.57 Å². The van der Waals surface area contributed by atoms with Crippen molar-refractivity contribution in [2.24, 2.45) is 0 Å². The number of hydrogen-bond donors (Lipinski definition) is 0. The highest BCUT2D eigenvalue weighted by Gasteiger charge is 2.15. The minimum atomic E-state index is 0.801. The second-order valence-corrected chi connectivity index (χ2v) is 6.15. The lowest BCUT2D eigenvalue weighted by molar-refractivity contribution is 0.853. The number of halogens is 1. The van der Waals surface area contributed by atoms with Crippen molar-refractivity contribution in [1.82, 2.24) is 0 Å². The molecule has 0 saturated heterocycles. The van der Waals surface area contributed by atoms with Crippen LogP contribution in [-0.2, 0) is 0 Å². The van der Waals surface area contributed by atoms with Gasteiger partial charge in [0, 0.05) is 14.8 Å². The zero-order valence-corrected chi connectivity index (χ0v) is 11.7. The molecule has 0 unspecified atom stereocenters.